The van der Waals surface area contributed by atoms with Crippen LogP contribution < -0.4 is 14.9 Å². The summed E-state index contributed by atoms with van der Waals surface area (Å²) < 4.78 is 10.7. The Labute approximate surface area is 196 Å². The van der Waals surface area contributed by atoms with Crippen LogP contribution in [0.4, 0.5) is 0 Å². The lowest BCUT2D eigenvalue weighted by Crippen LogP contribution is -2.18. The number of nitrogens with one attached hydrogen (secondary N) is 2. The lowest BCUT2D eigenvalue weighted by molar-refractivity contribution is 0.0950. The quantitative estimate of drug-likeness (QED) is 0.212. The fourth-order valence-electron chi connectivity index (χ4n) is 3.99. The Balaban J connectivity index is 1.42. The highest BCUT2D eigenvalue weighted by atomic mass is 16.5. The van der Waals surface area contributed by atoms with Gasteiger partial charge >= 0.3 is 0 Å². The van der Waals surface area contributed by atoms with Crippen molar-refractivity contribution in [2.75, 3.05) is 14.2 Å². The summed E-state index contributed by atoms with van der Waals surface area (Å²) in [6.45, 7) is 0. The summed E-state index contributed by atoms with van der Waals surface area (Å²) in [5, 5.41) is 15.6. The number of hydrogen-bond acceptors (Lipinski definition) is 5. The fraction of sp³-hybridized carbons (Fsp3) is 0.0741. The molecule has 1 aromatic heterocycles. The van der Waals surface area contributed by atoms with Crippen LogP contribution in [0.5, 0.6) is 11.5 Å². The standard InChI is InChI=1S/C27H22N4O3/c1-33-19-11-12-26(34-2)22(14-19)24-15-25(30-29-24)27(32)31-28-16-23-20-9-5-3-7-17(20)13-18-8-4-6-10-21(18)23/h3-16H,1-2H3,(H,29,30)(H,31,32)/b28-16-. The molecule has 0 saturated heterocycles. The number of hydrogen-bond donors (Lipinski definition) is 2. The highest BCUT2D eigenvalue weighted by molar-refractivity contribution is 6.13. The Morgan fingerprint density at radius 1 is 0.912 bits per heavy atom. The molecule has 0 aliphatic rings. The third-order valence-corrected chi connectivity index (χ3v) is 5.68. The SMILES string of the molecule is COc1ccc(OC)c(-c2cc(C(=O)N/N=C\c3c4ccccc4cc4ccccc34)[nH]n2)c1. The molecule has 0 bridgehead atoms. The van der Waals surface area contributed by atoms with Gasteiger partial charge in [0, 0.05) is 11.1 Å². The molecule has 0 saturated carbocycles. The third kappa shape index (κ3) is 3.95. The van der Waals surface area contributed by atoms with E-state index in [-0.39, 0.29) is 5.69 Å². The van der Waals surface area contributed by atoms with Crippen LogP contribution in [-0.4, -0.2) is 36.5 Å². The smallest absolute Gasteiger partial charge is 0.289 e. The molecule has 0 radical (unpaired) electrons. The summed E-state index contributed by atoms with van der Waals surface area (Å²) >= 11 is 0. The number of H-pyrrole nitrogens is 1. The zero-order valence-electron chi connectivity index (χ0n) is 18.7. The Morgan fingerprint density at radius 3 is 2.29 bits per heavy atom. The summed E-state index contributed by atoms with van der Waals surface area (Å²) in [5.74, 6) is 0.887. The second-order valence-corrected chi connectivity index (χ2v) is 7.66. The van der Waals surface area contributed by atoms with Gasteiger partial charge in [-0.05, 0) is 51.9 Å². The molecule has 0 spiro atoms. The first kappa shape index (κ1) is 21.2. The summed E-state index contributed by atoms with van der Waals surface area (Å²) in [7, 11) is 3.17. The molecule has 0 unspecified atom stereocenters. The maximum absolute atomic E-state index is 12.7. The van der Waals surface area contributed by atoms with Crippen molar-refractivity contribution in [3.05, 3.63) is 90.1 Å². The molecule has 2 N–H and O–H groups in total. The lowest BCUT2D eigenvalue weighted by atomic mass is 9.97. The maximum Gasteiger partial charge on any atom is 0.289 e. The summed E-state index contributed by atoms with van der Waals surface area (Å²) in [6, 6.07) is 25.4. The minimum Gasteiger partial charge on any atom is -0.497 e. The van der Waals surface area contributed by atoms with Gasteiger partial charge in [0.1, 0.15) is 17.2 Å². The van der Waals surface area contributed by atoms with E-state index in [2.05, 4.69) is 38.9 Å². The van der Waals surface area contributed by atoms with E-state index in [1.807, 2.05) is 36.4 Å². The number of fused-ring (bicyclic) bond motifs is 2. The van der Waals surface area contributed by atoms with Gasteiger partial charge in [-0.3, -0.25) is 9.89 Å². The molecule has 7 heteroatoms. The molecule has 0 atom stereocenters. The van der Waals surface area contributed by atoms with E-state index in [0.717, 1.165) is 27.1 Å². The Bertz CT molecular complexity index is 1480. The van der Waals surface area contributed by atoms with E-state index in [1.54, 1.807) is 44.7 Å². The monoisotopic (exact) mass is 450 g/mol. The van der Waals surface area contributed by atoms with E-state index >= 15 is 0 Å². The van der Waals surface area contributed by atoms with Crippen molar-refractivity contribution in [3.8, 4) is 22.8 Å². The first-order valence-electron chi connectivity index (χ1n) is 10.7. The van der Waals surface area contributed by atoms with Crippen molar-refractivity contribution in [2.24, 2.45) is 5.10 Å². The molecular weight excluding hydrogens is 428 g/mol. The molecular formula is C27H22N4O3. The van der Waals surface area contributed by atoms with Crippen LogP contribution in [0.25, 0.3) is 32.8 Å². The minimum atomic E-state index is -0.401. The average Bonchev–Trinajstić information content (AvgIpc) is 3.38. The summed E-state index contributed by atoms with van der Waals surface area (Å²) in [5.41, 5.74) is 5.09. The molecule has 168 valence electrons. The normalized spacial score (nSPS) is 11.2. The number of methoxy groups -OCH3 is 2. The van der Waals surface area contributed by atoms with Gasteiger partial charge in [0.15, 0.2) is 0 Å². The van der Waals surface area contributed by atoms with Crippen LogP contribution in [0, 0.1) is 0 Å². The zero-order chi connectivity index (χ0) is 23.5. The molecule has 4 aromatic carbocycles. The predicted molar refractivity (Wildman–Crippen MR) is 134 cm³/mol. The molecule has 5 aromatic rings. The predicted octanol–water partition coefficient (Wildman–Crippen LogP) is 5.16. The molecule has 0 aliphatic heterocycles. The molecule has 0 fully saturated rings. The second-order valence-electron chi connectivity index (χ2n) is 7.66. The Hall–Kier alpha value is -4.65. The van der Waals surface area contributed by atoms with Crippen molar-refractivity contribution < 1.29 is 14.3 Å². The van der Waals surface area contributed by atoms with E-state index in [0.29, 0.717) is 22.8 Å². The molecule has 1 heterocycles. The van der Waals surface area contributed by atoms with E-state index in [9.17, 15) is 4.79 Å². The lowest BCUT2D eigenvalue weighted by Gasteiger charge is -2.08. The number of hydrazone groups is 1. The van der Waals surface area contributed by atoms with E-state index < -0.39 is 5.91 Å². The number of nitrogens with zero attached hydrogens (tertiary/aromatic N) is 2. The van der Waals surface area contributed by atoms with Crippen molar-refractivity contribution >= 4 is 33.7 Å². The third-order valence-electron chi connectivity index (χ3n) is 5.68. The average molecular weight is 450 g/mol. The van der Waals surface area contributed by atoms with Gasteiger partial charge in [-0.2, -0.15) is 10.2 Å². The van der Waals surface area contributed by atoms with Crippen LogP contribution in [0.2, 0.25) is 0 Å². The van der Waals surface area contributed by atoms with Gasteiger partial charge in [-0.15, -0.1) is 0 Å². The number of benzene rings is 4. The van der Waals surface area contributed by atoms with E-state index in [4.69, 9.17) is 9.47 Å². The maximum atomic E-state index is 12.7. The fourth-order valence-corrected chi connectivity index (χ4v) is 3.99. The van der Waals surface area contributed by atoms with Crippen molar-refractivity contribution in [1.29, 1.82) is 0 Å². The molecule has 7 nitrogen and oxygen atoms in total. The first-order chi connectivity index (χ1) is 16.7. The number of aromatic amines is 1. The summed E-state index contributed by atoms with van der Waals surface area (Å²) in [4.78, 5) is 12.7. The number of amides is 1. The van der Waals surface area contributed by atoms with Gasteiger partial charge < -0.3 is 9.47 Å². The molecule has 1 amide bonds. The number of rotatable bonds is 6. The van der Waals surface area contributed by atoms with Crippen LogP contribution in [0.1, 0.15) is 16.1 Å². The highest BCUT2D eigenvalue weighted by Crippen LogP contribution is 2.32. The second kappa shape index (κ2) is 9.07. The number of aromatic nitrogens is 2. The van der Waals surface area contributed by atoms with Gasteiger partial charge in [-0.1, -0.05) is 48.5 Å². The van der Waals surface area contributed by atoms with Gasteiger partial charge in [0.25, 0.3) is 5.91 Å². The van der Waals surface area contributed by atoms with Crippen LogP contribution >= 0.6 is 0 Å². The van der Waals surface area contributed by atoms with Crippen molar-refractivity contribution in [3.63, 3.8) is 0 Å². The Kier molecular flexibility index (Phi) is 5.66. The van der Waals surface area contributed by atoms with Gasteiger partial charge in [-0.25, -0.2) is 5.43 Å². The van der Waals surface area contributed by atoms with Crippen LogP contribution in [-0.2, 0) is 0 Å². The topological polar surface area (TPSA) is 88.6 Å². The number of ether oxygens (including phenoxy) is 2. The largest absolute Gasteiger partial charge is 0.497 e. The van der Waals surface area contributed by atoms with Crippen molar-refractivity contribution in [1.82, 2.24) is 15.6 Å². The first-order valence-corrected chi connectivity index (χ1v) is 10.7. The van der Waals surface area contributed by atoms with Gasteiger partial charge in [0.05, 0.1) is 26.1 Å². The number of carbonyl (C=O) groups is 1. The minimum absolute atomic E-state index is 0.278. The zero-order valence-corrected chi connectivity index (χ0v) is 18.7. The van der Waals surface area contributed by atoms with Crippen LogP contribution in [0.15, 0.2) is 84.0 Å². The molecule has 5 rings (SSSR count). The number of carbonyl (C=O) groups excluding carboxylic acids is 1. The molecule has 34 heavy (non-hydrogen) atoms. The summed E-state index contributed by atoms with van der Waals surface area (Å²) in [6.07, 6.45) is 1.69. The van der Waals surface area contributed by atoms with Crippen LogP contribution in [0.3, 0.4) is 0 Å². The van der Waals surface area contributed by atoms with Gasteiger partial charge in [0.2, 0.25) is 0 Å². The van der Waals surface area contributed by atoms with E-state index in [1.165, 1.54) is 0 Å². The van der Waals surface area contributed by atoms with Crippen molar-refractivity contribution in [2.45, 2.75) is 0 Å². The molecule has 0 aliphatic carbocycles. The highest BCUT2D eigenvalue weighted by Gasteiger charge is 2.15. The Morgan fingerprint density at radius 2 is 1.62 bits per heavy atom.